The lowest BCUT2D eigenvalue weighted by atomic mass is 10.1. The van der Waals surface area contributed by atoms with Crippen molar-refractivity contribution in [2.45, 2.75) is 0 Å². The molecule has 0 aliphatic carbocycles. The lowest BCUT2D eigenvalue weighted by Gasteiger charge is -2.10. The number of H-pyrrole nitrogens is 1. The highest BCUT2D eigenvalue weighted by Gasteiger charge is 2.15. The third kappa shape index (κ3) is 4.12. The molecular formula is C26H18N4O4. The number of nitrogens with zero attached hydrogens (tertiary/aromatic N) is 3. The number of hydrogen-bond donors (Lipinski definition) is 1. The molecule has 1 N–H and O–H groups in total. The third-order valence-electron chi connectivity index (χ3n) is 5.18. The zero-order valence-electron chi connectivity index (χ0n) is 18.1. The van der Waals surface area contributed by atoms with Crippen LogP contribution < -0.4 is 4.74 Å². The number of carbonyl (C=O) groups is 2. The van der Waals surface area contributed by atoms with Crippen LogP contribution in [-0.4, -0.2) is 38.8 Å². The summed E-state index contributed by atoms with van der Waals surface area (Å²) < 4.78 is 10.7. The molecule has 0 aliphatic rings. The number of para-hydroxylation sites is 2. The Morgan fingerprint density at radius 2 is 1.53 bits per heavy atom. The fourth-order valence-electron chi connectivity index (χ4n) is 3.46. The van der Waals surface area contributed by atoms with E-state index >= 15 is 0 Å². The second-order valence-electron chi connectivity index (χ2n) is 7.34. The molecule has 8 heteroatoms. The zero-order valence-corrected chi connectivity index (χ0v) is 18.1. The molecule has 0 aliphatic heterocycles. The van der Waals surface area contributed by atoms with Gasteiger partial charge in [0.25, 0.3) is 0 Å². The first-order valence-corrected chi connectivity index (χ1v) is 10.4. The van der Waals surface area contributed by atoms with Gasteiger partial charge in [0, 0.05) is 23.5 Å². The highest BCUT2D eigenvalue weighted by molar-refractivity contribution is 6.08. The van der Waals surface area contributed by atoms with E-state index in [-0.39, 0.29) is 11.6 Å². The number of rotatable bonds is 6. The molecule has 166 valence electrons. The van der Waals surface area contributed by atoms with Gasteiger partial charge in [-0.05, 0) is 48.5 Å². The van der Waals surface area contributed by atoms with Crippen LogP contribution in [0.2, 0.25) is 0 Å². The second-order valence-corrected chi connectivity index (χ2v) is 7.34. The van der Waals surface area contributed by atoms with Gasteiger partial charge in [0.2, 0.25) is 11.7 Å². The van der Waals surface area contributed by atoms with Crippen molar-refractivity contribution in [1.29, 1.82) is 0 Å². The van der Waals surface area contributed by atoms with Gasteiger partial charge in [0.15, 0.2) is 5.82 Å². The molecule has 0 atom stereocenters. The van der Waals surface area contributed by atoms with Crippen molar-refractivity contribution in [3.63, 3.8) is 0 Å². The van der Waals surface area contributed by atoms with Gasteiger partial charge in [-0.1, -0.05) is 24.3 Å². The van der Waals surface area contributed by atoms with Crippen molar-refractivity contribution in [2.75, 3.05) is 7.11 Å². The molecule has 0 saturated heterocycles. The summed E-state index contributed by atoms with van der Waals surface area (Å²) in [6.45, 7) is 0. The molecule has 0 radical (unpaired) electrons. The maximum Gasteiger partial charge on any atom is 0.337 e. The molecule has 2 heterocycles. The molecule has 3 aromatic carbocycles. The van der Waals surface area contributed by atoms with Crippen LogP contribution in [0.15, 0.2) is 85.2 Å². The number of fused-ring (bicyclic) bond motifs is 1. The number of aromatic amines is 1. The lowest BCUT2D eigenvalue weighted by molar-refractivity contribution is 0.0600. The number of ether oxygens (including phenoxy) is 2. The van der Waals surface area contributed by atoms with Crippen LogP contribution in [0.3, 0.4) is 0 Å². The minimum absolute atomic E-state index is 0.214. The number of nitrogens with one attached hydrogen (secondary N) is 1. The lowest BCUT2D eigenvalue weighted by Crippen LogP contribution is -2.03. The fourth-order valence-corrected chi connectivity index (χ4v) is 3.46. The van der Waals surface area contributed by atoms with Crippen LogP contribution >= 0.6 is 0 Å². The molecule has 5 aromatic rings. The monoisotopic (exact) mass is 450 g/mol. The van der Waals surface area contributed by atoms with E-state index in [1.54, 1.807) is 54.7 Å². The summed E-state index contributed by atoms with van der Waals surface area (Å²) in [5.41, 5.74) is 3.70. The molecule has 8 nitrogen and oxygen atoms in total. The predicted molar refractivity (Wildman–Crippen MR) is 125 cm³/mol. The van der Waals surface area contributed by atoms with E-state index in [0.717, 1.165) is 16.6 Å². The molecular weight excluding hydrogens is 432 g/mol. The smallest absolute Gasteiger partial charge is 0.337 e. The highest BCUT2D eigenvalue weighted by Crippen LogP contribution is 2.30. The maximum absolute atomic E-state index is 12.8. The van der Waals surface area contributed by atoms with Crippen LogP contribution in [0.25, 0.3) is 22.3 Å². The SMILES string of the molecule is COC(=O)c1ccc(-c2nccnc2Oc2ccc(C(=O)c3nc4ccccc4[nH]3)cc2)cc1. The van der Waals surface area contributed by atoms with E-state index in [1.807, 2.05) is 24.3 Å². The van der Waals surface area contributed by atoms with Crippen molar-refractivity contribution in [1.82, 2.24) is 19.9 Å². The summed E-state index contributed by atoms with van der Waals surface area (Å²) in [4.78, 5) is 40.6. The number of imidazole rings is 1. The van der Waals surface area contributed by atoms with E-state index < -0.39 is 5.97 Å². The molecule has 0 spiro atoms. The Bertz CT molecular complexity index is 1460. The van der Waals surface area contributed by atoms with Crippen LogP contribution in [0, 0.1) is 0 Å². The quantitative estimate of drug-likeness (QED) is 0.292. The Kier molecular flexibility index (Phi) is 5.53. The van der Waals surface area contributed by atoms with Crippen molar-refractivity contribution < 1.29 is 19.1 Å². The molecule has 0 amide bonds. The summed E-state index contributed by atoms with van der Waals surface area (Å²) in [6.07, 6.45) is 3.09. The molecule has 34 heavy (non-hydrogen) atoms. The highest BCUT2D eigenvalue weighted by atomic mass is 16.5. The Morgan fingerprint density at radius 3 is 2.26 bits per heavy atom. The van der Waals surface area contributed by atoms with Gasteiger partial charge < -0.3 is 14.5 Å². The Hall–Kier alpha value is -4.85. The summed E-state index contributed by atoms with van der Waals surface area (Å²) in [5.74, 6) is 0.438. The Labute approximate surface area is 194 Å². The van der Waals surface area contributed by atoms with Gasteiger partial charge >= 0.3 is 5.97 Å². The molecule has 0 bridgehead atoms. The topological polar surface area (TPSA) is 107 Å². The third-order valence-corrected chi connectivity index (χ3v) is 5.18. The fraction of sp³-hybridized carbons (Fsp3) is 0.0385. The predicted octanol–water partition coefficient (Wildman–Crippen LogP) is 4.83. The summed E-state index contributed by atoms with van der Waals surface area (Å²) in [6, 6.07) is 21.0. The number of methoxy groups -OCH3 is 1. The van der Waals surface area contributed by atoms with Crippen molar-refractivity contribution in [3.8, 4) is 22.9 Å². The van der Waals surface area contributed by atoms with E-state index in [0.29, 0.717) is 28.5 Å². The molecule has 0 fully saturated rings. The second kappa shape index (κ2) is 8.95. The van der Waals surface area contributed by atoms with E-state index in [1.165, 1.54) is 13.3 Å². The Balaban J connectivity index is 1.36. The number of hydrogen-bond acceptors (Lipinski definition) is 7. The first-order valence-electron chi connectivity index (χ1n) is 10.4. The Morgan fingerprint density at radius 1 is 0.824 bits per heavy atom. The summed E-state index contributed by atoms with van der Waals surface area (Å²) in [5, 5.41) is 0. The molecule has 2 aromatic heterocycles. The van der Waals surface area contributed by atoms with Gasteiger partial charge in [-0.2, -0.15) is 0 Å². The number of esters is 1. The number of aromatic nitrogens is 4. The van der Waals surface area contributed by atoms with Crippen LogP contribution in [0.5, 0.6) is 11.6 Å². The molecule has 5 rings (SSSR count). The zero-order chi connectivity index (χ0) is 23.5. The van der Waals surface area contributed by atoms with E-state index in [4.69, 9.17) is 9.47 Å². The van der Waals surface area contributed by atoms with Crippen LogP contribution in [0.4, 0.5) is 0 Å². The van der Waals surface area contributed by atoms with Gasteiger partial charge in [0.05, 0.1) is 23.7 Å². The minimum atomic E-state index is -0.417. The van der Waals surface area contributed by atoms with Gasteiger partial charge in [0.1, 0.15) is 11.4 Å². The number of benzene rings is 3. The van der Waals surface area contributed by atoms with Crippen molar-refractivity contribution in [2.24, 2.45) is 0 Å². The van der Waals surface area contributed by atoms with E-state index in [9.17, 15) is 9.59 Å². The summed E-state index contributed by atoms with van der Waals surface area (Å²) in [7, 11) is 1.33. The minimum Gasteiger partial charge on any atom is -0.465 e. The van der Waals surface area contributed by atoms with Crippen molar-refractivity contribution >= 4 is 22.8 Å². The average Bonchev–Trinajstić information content (AvgIpc) is 3.33. The van der Waals surface area contributed by atoms with Gasteiger partial charge in [-0.3, -0.25) is 4.79 Å². The average molecular weight is 450 g/mol. The normalized spacial score (nSPS) is 10.7. The van der Waals surface area contributed by atoms with Gasteiger partial charge in [-0.15, -0.1) is 0 Å². The number of ketones is 1. The molecule has 0 saturated carbocycles. The first kappa shape index (κ1) is 21.0. The first-order chi connectivity index (χ1) is 16.6. The largest absolute Gasteiger partial charge is 0.465 e. The van der Waals surface area contributed by atoms with Crippen molar-refractivity contribution in [3.05, 3.63) is 102 Å². The maximum atomic E-state index is 12.8. The van der Waals surface area contributed by atoms with Crippen LogP contribution in [-0.2, 0) is 4.74 Å². The van der Waals surface area contributed by atoms with Gasteiger partial charge in [-0.25, -0.2) is 19.7 Å². The standard InChI is InChI=1S/C26H18N4O4/c1-33-26(32)18-8-6-16(7-9-18)22-25(28-15-14-27-22)34-19-12-10-17(11-13-19)23(31)24-29-20-4-2-3-5-21(20)30-24/h2-15H,1H3,(H,29,30). The van der Waals surface area contributed by atoms with E-state index in [2.05, 4.69) is 19.9 Å². The molecule has 0 unspecified atom stereocenters. The summed E-state index contributed by atoms with van der Waals surface area (Å²) >= 11 is 0. The van der Waals surface area contributed by atoms with Crippen LogP contribution in [0.1, 0.15) is 26.5 Å². The number of carbonyl (C=O) groups excluding carboxylic acids is 2.